The van der Waals surface area contributed by atoms with Gasteiger partial charge in [-0.25, -0.2) is 0 Å². The highest BCUT2D eigenvalue weighted by Crippen LogP contribution is 2.66. The molecule has 7 atom stereocenters. The highest BCUT2D eigenvalue weighted by molar-refractivity contribution is 5.76. The molecule has 3 saturated carbocycles. The van der Waals surface area contributed by atoms with Gasteiger partial charge in [0.15, 0.2) is 0 Å². The topological polar surface area (TPSA) is 52.6 Å². The van der Waals surface area contributed by atoms with Crippen molar-refractivity contribution in [3.8, 4) is 5.75 Å². The molecule has 0 saturated heterocycles. The number of allylic oxidation sites excluding steroid dienone is 1. The summed E-state index contributed by atoms with van der Waals surface area (Å²) in [6, 6.07) is 9.50. The molecular weight excluding hydrogens is 400 g/mol. The molecule has 0 N–H and O–H groups in total. The minimum atomic E-state index is -0.166. The number of carbonyl (C=O) groups is 2. The lowest BCUT2D eigenvalue weighted by molar-refractivity contribution is -0.150. The maximum absolute atomic E-state index is 13.2. The zero-order chi connectivity index (χ0) is 22.5. The van der Waals surface area contributed by atoms with Crippen LogP contribution in [0.1, 0.15) is 72.1 Å². The zero-order valence-corrected chi connectivity index (χ0v) is 19.6. The summed E-state index contributed by atoms with van der Waals surface area (Å²) in [6.45, 7) is 6.33. The van der Waals surface area contributed by atoms with Gasteiger partial charge in [0.25, 0.3) is 0 Å². The van der Waals surface area contributed by atoms with Gasteiger partial charge in [-0.15, -0.1) is 0 Å². The largest absolute Gasteiger partial charge is 0.462 e. The van der Waals surface area contributed by atoms with Gasteiger partial charge in [0.05, 0.1) is 5.92 Å². The lowest BCUT2D eigenvalue weighted by Crippen LogP contribution is -2.51. The van der Waals surface area contributed by atoms with E-state index in [2.05, 4.69) is 19.9 Å². The third-order valence-corrected chi connectivity index (χ3v) is 9.64. The first-order valence-electron chi connectivity index (χ1n) is 12.4. The van der Waals surface area contributed by atoms with Gasteiger partial charge in [-0.3, -0.25) is 9.59 Å². The molecule has 0 spiro atoms. The molecule has 0 amide bonds. The predicted octanol–water partition coefficient (Wildman–Crippen LogP) is 6.10. The van der Waals surface area contributed by atoms with Crippen molar-refractivity contribution in [2.75, 3.05) is 0 Å². The van der Waals surface area contributed by atoms with E-state index in [1.807, 2.05) is 30.3 Å². The lowest BCUT2D eigenvalue weighted by atomic mass is 9.47. The summed E-state index contributed by atoms with van der Waals surface area (Å²) in [7, 11) is 0. The molecule has 4 nitrogen and oxygen atoms in total. The summed E-state index contributed by atoms with van der Waals surface area (Å²) in [4.78, 5) is 24.6. The van der Waals surface area contributed by atoms with Gasteiger partial charge in [0.1, 0.15) is 11.9 Å². The summed E-state index contributed by atoms with van der Waals surface area (Å²) < 4.78 is 11.4. The molecule has 1 aromatic carbocycles. The Bertz CT molecular complexity index is 921. The summed E-state index contributed by atoms with van der Waals surface area (Å²) >= 11 is 0. The van der Waals surface area contributed by atoms with Crippen molar-refractivity contribution < 1.29 is 19.1 Å². The number of ether oxygens (including phenoxy) is 2. The standard InChI is InChI=1S/C28H36O4/c1-18(29)31-21-13-15-27(2)19(17-21)9-10-22-23-11-12-25(28(23,3)16-14-24(22)27)26(30)32-20-7-5-4-6-8-20/h4-9,21-25H,10-17H2,1-3H3/t21-,22-,23-,24-,25+,27+,28-/m1/s1. The average Bonchev–Trinajstić information content (AvgIpc) is 3.12. The van der Waals surface area contributed by atoms with Gasteiger partial charge in [-0.2, -0.15) is 0 Å². The Morgan fingerprint density at radius 2 is 1.75 bits per heavy atom. The van der Waals surface area contributed by atoms with Crippen LogP contribution in [-0.4, -0.2) is 18.0 Å². The summed E-state index contributed by atoms with van der Waals surface area (Å²) in [5, 5.41) is 0. The van der Waals surface area contributed by atoms with Crippen LogP contribution in [0.3, 0.4) is 0 Å². The molecule has 0 radical (unpaired) electrons. The van der Waals surface area contributed by atoms with Gasteiger partial charge < -0.3 is 9.47 Å². The second kappa shape index (κ2) is 8.04. The Balaban J connectivity index is 1.34. The number of hydrogen-bond acceptors (Lipinski definition) is 4. The van der Waals surface area contributed by atoms with Crippen LogP contribution < -0.4 is 4.74 Å². The molecule has 5 rings (SSSR count). The third-order valence-electron chi connectivity index (χ3n) is 9.64. The number of carbonyl (C=O) groups excluding carboxylic acids is 2. The third kappa shape index (κ3) is 3.50. The van der Waals surface area contributed by atoms with Crippen molar-refractivity contribution >= 4 is 11.9 Å². The van der Waals surface area contributed by atoms with Gasteiger partial charge in [-0.1, -0.05) is 43.7 Å². The smallest absolute Gasteiger partial charge is 0.314 e. The normalized spacial score (nSPS) is 40.3. The van der Waals surface area contributed by atoms with E-state index in [4.69, 9.17) is 9.47 Å². The minimum Gasteiger partial charge on any atom is -0.462 e. The number of fused-ring (bicyclic) bond motifs is 5. The highest BCUT2D eigenvalue weighted by Gasteiger charge is 2.60. The van der Waals surface area contributed by atoms with Gasteiger partial charge in [0.2, 0.25) is 0 Å². The van der Waals surface area contributed by atoms with Crippen LogP contribution in [0, 0.1) is 34.5 Å². The fraction of sp³-hybridized carbons (Fsp3) is 0.643. The predicted molar refractivity (Wildman–Crippen MR) is 123 cm³/mol. The maximum atomic E-state index is 13.2. The number of benzene rings is 1. The molecule has 0 aromatic heterocycles. The second-order valence-electron chi connectivity index (χ2n) is 11.1. The van der Waals surface area contributed by atoms with E-state index in [1.54, 1.807) is 0 Å². The first-order valence-corrected chi connectivity index (χ1v) is 12.4. The van der Waals surface area contributed by atoms with Crippen LogP contribution in [0.2, 0.25) is 0 Å². The number of esters is 2. The first kappa shape index (κ1) is 21.7. The Morgan fingerprint density at radius 1 is 0.969 bits per heavy atom. The molecule has 0 heterocycles. The van der Waals surface area contributed by atoms with E-state index in [0.29, 0.717) is 23.5 Å². The zero-order valence-electron chi connectivity index (χ0n) is 19.6. The van der Waals surface area contributed by atoms with Crippen LogP contribution in [0.15, 0.2) is 42.0 Å². The van der Waals surface area contributed by atoms with Crippen molar-refractivity contribution in [3.63, 3.8) is 0 Å². The molecular formula is C28H36O4. The molecule has 4 heteroatoms. The van der Waals surface area contributed by atoms with Gasteiger partial charge >= 0.3 is 11.9 Å². The molecule has 4 aliphatic carbocycles. The summed E-state index contributed by atoms with van der Waals surface area (Å²) in [6.07, 6.45) is 10.9. The summed E-state index contributed by atoms with van der Waals surface area (Å²) in [5.41, 5.74) is 1.76. The fourth-order valence-corrected chi connectivity index (χ4v) is 8.03. The Labute approximate surface area is 191 Å². The molecule has 3 fully saturated rings. The van der Waals surface area contributed by atoms with Gasteiger partial charge in [0, 0.05) is 13.3 Å². The van der Waals surface area contributed by atoms with Crippen molar-refractivity contribution in [2.45, 2.75) is 78.2 Å². The fourth-order valence-electron chi connectivity index (χ4n) is 8.03. The Morgan fingerprint density at radius 3 is 2.50 bits per heavy atom. The first-order chi connectivity index (χ1) is 15.3. The number of hydrogen-bond donors (Lipinski definition) is 0. The molecule has 0 aliphatic heterocycles. The molecule has 0 bridgehead atoms. The van der Waals surface area contributed by atoms with Crippen LogP contribution in [-0.2, 0) is 14.3 Å². The van der Waals surface area contributed by atoms with Crippen LogP contribution >= 0.6 is 0 Å². The number of para-hydroxylation sites is 1. The van der Waals surface area contributed by atoms with E-state index < -0.39 is 0 Å². The molecule has 1 aromatic rings. The Hall–Kier alpha value is -2.10. The molecule has 172 valence electrons. The van der Waals surface area contributed by atoms with E-state index in [-0.39, 0.29) is 34.8 Å². The average molecular weight is 437 g/mol. The Kier molecular flexibility index (Phi) is 5.46. The van der Waals surface area contributed by atoms with Crippen LogP contribution in [0.4, 0.5) is 0 Å². The highest BCUT2D eigenvalue weighted by atomic mass is 16.5. The second-order valence-corrected chi connectivity index (χ2v) is 11.1. The van der Waals surface area contributed by atoms with Crippen LogP contribution in [0.25, 0.3) is 0 Å². The molecule has 4 aliphatic rings. The monoisotopic (exact) mass is 436 g/mol. The quantitative estimate of drug-likeness (QED) is 0.326. The number of rotatable bonds is 3. The van der Waals surface area contributed by atoms with E-state index in [1.165, 1.54) is 18.9 Å². The summed E-state index contributed by atoms with van der Waals surface area (Å²) in [5.74, 6) is 2.33. The van der Waals surface area contributed by atoms with Crippen molar-refractivity contribution in [2.24, 2.45) is 34.5 Å². The van der Waals surface area contributed by atoms with Crippen LogP contribution in [0.5, 0.6) is 5.75 Å². The van der Waals surface area contributed by atoms with E-state index in [0.717, 1.165) is 44.9 Å². The van der Waals surface area contributed by atoms with Crippen molar-refractivity contribution in [3.05, 3.63) is 42.0 Å². The lowest BCUT2D eigenvalue weighted by Gasteiger charge is -2.57. The van der Waals surface area contributed by atoms with E-state index >= 15 is 0 Å². The van der Waals surface area contributed by atoms with E-state index in [9.17, 15) is 9.59 Å². The molecule has 32 heavy (non-hydrogen) atoms. The SMILES string of the molecule is CC(=O)O[C@@H]1CC[C@@]2(C)C(=CC[C@@H]3[C@H]4CC[C@@H](C(=O)Oc5ccccc5)[C@]4(C)CC[C@H]32)C1. The van der Waals surface area contributed by atoms with Crippen molar-refractivity contribution in [1.29, 1.82) is 0 Å². The maximum Gasteiger partial charge on any atom is 0.314 e. The molecule has 0 unspecified atom stereocenters. The van der Waals surface area contributed by atoms with Gasteiger partial charge in [-0.05, 0) is 85.7 Å². The van der Waals surface area contributed by atoms with Crippen molar-refractivity contribution in [1.82, 2.24) is 0 Å². The minimum absolute atomic E-state index is 0.00783.